The molecule has 1 aromatic rings. The number of carbonyl (C=O) groups excluding carboxylic acids is 1. The minimum Gasteiger partial charge on any atom is -0.393 e. The number of anilines is 1. The monoisotopic (exact) mass is 583 g/mol. The van der Waals surface area contributed by atoms with E-state index < -0.39 is 33.7 Å². The summed E-state index contributed by atoms with van der Waals surface area (Å²) in [5.41, 5.74) is -0.614. The molecule has 0 saturated heterocycles. The number of para-hydroxylation sites is 1. The zero-order valence-corrected chi connectivity index (χ0v) is 24.3. The molecule has 0 unspecified atom stereocenters. The topological polar surface area (TPSA) is 124 Å². The molecule has 0 radical (unpaired) electrons. The average Bonchev–Trinajstić information content (AvgIpc) is 3.21. The highest BCUT2D eigenvalue weighted by molar-refractivity contribution is 7.86. The zero-order valence-electron chi connectivity index (χ0n) is 23.5. The van der Waals surface area contributed by atoms with Crippen molar-refractivity contribution in [3.05, 3.63) is 24.3 Å². The molecule has 0 heterocycles. The van der Waals surface area contributed by atoms with Gasteiger partial charge in [-0.3, -0.25) is 9.35 Å². The predicted octanol–water partition coefficient (Wildman–Crippen LogP) is 5.52. The van der Waals surface area contributed by atoms with Gasteiger partial charge in [-0.05, 0) is 103 Å². The number of hydrogen-bond acceptors (Lipinski definition) is 5. The fraction of sp³-hybridized carbons (Fsp3) is 0.767. The number of aliphatic hydroxyl groups excluding tert-OH is 2. The average molecular weight is 584 g/mol. The van der Waals surface area contributed by atoms with Crippen LogP contribution in [0.1, 0.15) is 78.6 Å². The fourth-order valence-corrected chi connectivity index (χ4v) is 10.4. The fourth-order valence-electron chi connectivity index (χ4n) is 9.77. The van der Waals surface area contributed by atoms with Crippen molar-refractivity contribution < 1.29 is 36.8 Å². The highest BCUT2D eigenvalue weighted by atomic mass is 32.2. The van der Waals surface area contributed by atoms with Gasteiger partial charge in [0.1, 0.15) is 11.0 Å². The van der Waals surface area contributed by atoms with Crippen LogP contribution in [-0.4, -0.2) is 47.2 Å². The molecule has 0 spiro atoms. The van der Waals surface area contributed by atoms with E-state index in [4.69, 9.17) is 0 Å². The maximum Gasteiger partial charge on any atom is 0.296 e. The van der Waals surface area contributed by atoms with Crippen LogP contribution >= 0.6 is 0 Å². The molecule has 5 rings (SSSR count). The third-order valence-corrected chi connectivity index (χ3v) is 12.6. The van der Waals surface area contributed by atoms with E-state index in [2.05, 4.69) is 19.2 Å². The first-order valence-electron chi connectivity index (χ1n) is 14.7. The van der Waals surface area contributed by atoms with Crippen LogP contribution in [0.4, 0.5) is 14.5 Å². The molecular formula is C30H43F2NO6S. The van der Waals surface area contributed by atoms with Gasteiger partial charge in [-0.2, -0.15) is 8.42 Å². The van der Waals surface area contributed by atoms with Gasteiger partial charge in [0.25, 0.3) is 16.0 Å². The lowest BCUT2D eigenvalue weighted by molar-refractivity contribution is -0.236. The van der Waals surface area contributed by atoms with E-state index in [9.17, 15) is 36.8 Å². The molecule has 4 aliphatic carbocycles. The highest BCUT2D eigenvalue weighted by Gasteiger charge is 2.66. The maximum atomic E-state index is 14.8. The number of halogens is 2. The van der Waals surface area contributed by atoms with Crippen molar-refractivity contribution >= 4 is 21.7 Å². The van der Waals surface area contributed by atoms with E-state index in [1.165, 1.54) is 18.2 Å². The summed E-state index contributed by atoms with van der Waals surface area (Å²) in [5.74, 6) is -2.83. The standard InChI is InChI=1S/C30H43F2NO6S/c1-17(8-11-26(36)33-22-6-4-5-7-24(22)40(37,38)39)19-9-10-20-27-21(12-13-28(19,20)2)29(3)16-30(31,32)25(35)15-18(29)14-23(27)34/h4-7,17-21,23,25,27,34-35H,8-16H2,1-3H3,(H,33,36)(H,37,38,39)/t17-,18-,19-,20+,21+,23+,25-,27+,28-,29+/m1/s1. The second-order valence-electron chi connectivity index (χ2n) is 13.7. The van der Waals surface area contributed by atoms with Crippen molar-refractivity contribution in [1.82, 2.24) is 0 Å². The molecule has 40 heavy (non-hydrogen) atoms. The van der Waals surface area contributed by atoms with Gasteiger partial charge in [0.2, 0.25) is 5.91 Å². The first-order valence-corrected chi connectivity index (χ1v) is 16.1. The number of carbonyl (C=O) groups is 1. The van der Waals surface area contributed by atoms with Crippen molar-refractivity contribution in [1.29, 1.82) is 0 Å². The summed E-state index contributed by atoms with van der Waals surface area (Å²) in [7, 11) is -4.47. The SMILES string of the molecule is C[C@H](CCC(=O)Nc1ccccc1S(=O)(=O)O)[C@H]1CC[C@H]2[C@@H]3[C@@H](O)C[C@@H]4C[C@@H](O)C(F)(F)C[C@]4(C)[C@H]3CC[C@]12C. The van der Waals surface area contributed by atoms with Gasteiger partial charge in [0, 0.05) is 12.8 Å². The third kappa shape index (κ3) is 5.01. The molecular weight excluding hydrogens is 540 g/mol. The van der Waals surface area contributed by atoms with E-state index in [0.29, 0.717) is 18.8 Å². The molecule has 1 aromatic carbocycles. The Bertz CT molecular complexity index is 1240. The minimum atomic E-state index is -4.47. The van der Waals surface area contributed by atoms with Crippen LogP contribution < -0.4 is 5.32 Å². The van der Waals surface area contributed by atoms with Crippen LogP contribution in [0.3, 0.4) is 0 Å². The Morgan fingerprint density at radius 2 is 1.75 bits per heavy atom. The van der Waals surface area contributed by atoms with Gasteiger partial charge in [-0.25, -0.2) is 8.78 Å². The summed E-state index contributed by atoms with van der Waals surface area (Å²) in [5, 5.41) is 24.1. The molecule has 0 bridgehead atoms. The summed E-state index contributed by atoms with van der Waals surface area (Å²) in [4.78, 5) is 12.4. The Hall–Kier alpha value is -1.62. The van der Waals surface area contributed by atoms with Crippen molar-refractivity contribution in [2.24, 2.45) is 46.3 Å². The second kappa shape index (κ2) is 10.3. The van der Waals surface area contributed by atoms with Crippen LogP contribution in [0.5, 0.6) is 0 Å². The predicted molar refractivity (Wildman–Crippen MR) is 146 cm³/mol. The Morgan fingerprint density at radius 3 is 2.45 bits per heavy atom. The first-order chi connectivity index (χ1) is 18.6. The molecule has 7 nitrogen and oxygen atoms in total. The number of hydrogen-bond donors (Lipinski definition) is 4. The van der Waals surface area contributed by atoms with Gasteiger partial charge in [0.05, 0.1) is 11.8 Å². The number of nitrogens with one attached hydrogen (secondary N) is 1. The normalized spacial score (nSPS) is 41.4. The van der Waals surface area contributed by atoms with Crippen LogP contribution in [-0.2, 0) is 14.9 Å². The van der Waals surface area contributed by atoms with Crippen molar-refractivity contribution in [3.8, 4) is 0 Å². The van der Waals surface area contributed by atoms with E-state index in [1.54, 1.807) is 6.07 Å². The first kappa shape index (κ1) is 29.9. The lowest BCUT2D eigenvalue weighted by atomic mass is 9.43. The number of rotatable bonds is 6. The Balaban J connectivity index is 1.26. The second-order valence-corrected chi connectivity index (χ2v) is 15.1. The molecule has 4 saturated carbocycles. The van der Waals surface area contributed by atoms with Crippen LogP contribution in [0.2, 0.25) is 0 Å². The van der Waals surface area contributed by atoms with E-state index in [-0.39, 0.29) is 70.8 Å². The lowest BCUT2D eigenvalue weighted by Gasteiger charge is -2.63. The van der Waals surface area contributed by atoms with Crippen molar-refractivity contribution in [3.63, 3.8) is 0 Å². The van der Waals surface area contributed by atoms with E-state index in [0.717, 1.165) is 25.7 Å². The van der Waals surface area contributed by atoms with Crippen molar-refractivity contribution in [2.45, 2.75) is 102 Å². The Morgan fingerprint density at radius 1 is 1.07 bits per heavy atom. The minimum absolute atomic E-state index is 0.000376. The zero-order chi connectivity index (χ0) is 29.3. The summed E-state index contributed by atoms with van der Waals surface area (Å²) < 4.78 is 62.3. The van der Waals surface area contributed by atoms with Crippen molar-refractivity contribution in [2.75, 3.05) is 5.32 Å². The van der Waals surface area contributed by atoms with Gasteiger partial charge in [-0.1, -0.05) is 32.9 Å². The largest absolute Gasteiger partial charge is 0.393 e. The molecule has 4 aliphatic rings. The smallest absolute Gasteiger partial charge is 0.296 e. The number of benzene rings is 1. The maximum absolute atomic E-state index is 14.8. The summed E-state index contributed by atoms with van der Waals surface area (Å²) >= 11 is 0. The van der Waals surface area contributed by atoms with Crippen LogP contribution in [0.15, 0.2) is 29.2 Å². The molecule has 0 aliphatic heterocycles. The molecule has 1 amide bonds. The number of alkyl halides is 2. The summed E-state index contributed by atoms with van der Waals surface area (Å²) in [6.45, 7) is 6.39. The summed E-state index contributed by atoms with van der Waals surface area (Å²) in [6.07, 6.45) is 2.35. The third-order valence-electron chi connectivity index (χ3n) is 11.7. The number of amides is 1. The Kier molecular flexibility index (Phi) is 7.67. The van der Waals surface area contributed by atoms with Gasteiger partial charge < -0.3 is 15.5 Å². The van der Waals surface area contributed by atoms with Crippen LogP contribution in [0.25, 0.3) is 0 Å². The quantitative estimate of drug-likeness (QED) is 0.327. The molecule has 4 fully saturated rings. The van der Waals surface area contributed by atoms with E-state index in [1.807, 2.05) is 6.92 Å². The highest BCUT2D eigenvalue weighted by Crippen LogP contribution is 2.69. The molecule has 224 valence electrons. The van der Waals surface area contributed by atoms with E-state index >= 15 is 0 Å². The Labute approximate surface area is 235 Å². The number of fused-ring (bicyclic) bond motifs is 5. The summed E-state index contributed by atoms with van der Waals surface area (Å²) in [6, 6.07) is 5.73. The van der Waals surface area contributed by atoms with Gasteiger partial charge >= 0.3 is 0 Å². The lowest BCUT2D eigenvalue weighted by Crippen LogP contribution is -2.62. The number of aliphatic hydroxyl groups is 2. The molecule has 10 atom stereocenters. The van der Waals surface area contributed by atoms with Crippen LogP contribution in [0, 0.1) is 46.3 Å². The van der Waals surface area contributed by atoms with Gasteiger partial charge in [-0.15, -0.1) is 0 Å². The molecule has 4 N–H and O–H groups in total. The molecule has 0 aromatic heterocycles. The molecule has 10 heteroatoms. The van der Waals surface area contributed by atoms with Gasteiger partial charge in [0.15, 0.2) is 0 Å².